The molecule has 2 nitrogen and oxygen atoms in total. The minimum atomic E-state index is -0.259. The first kappa shape index (κ1) is 13.7. The third kappa shape index (κ3) is 2.51. The molecular formula is C16H19FN2S. The zero-order valence-electron chi connectivity index (χ0n) is 11.6. The van der Waals surface area contributed by atoms with E-state index in [4.69, 9.17) is 5.84 Å². The van der Waals surface area contributed by atoms with Gasteiger partial charge in [-0.1, -0.05) is 17.7 Å². The Morgan fingerprint density at radius 2 is 2.05 bits per heavy atom. The second-order valence-electron chi connectivity index (χ2n) is 5.43. The Morgan fingerprint density at radius 1 is 1.25 bits per heavy atom. The lowest BCUT2D eigenvalue weighted by Crippen LogP contribution is -2.29. The SMILES string of the molecule is Cc1ccc(F)c(C(NN)c2cc3c(s2)CCCC3)c1. The van der Waals surface area contributed by atoms with Crippen LogP contribution in [0.5, 0.6) is 0 Å². The molecule has 3 rings (SSSR count). The molecule has 0 saturated heterocycles. The van der Waals surface area contributed by atoms with Crippen molar-refractivity contribution in [3.63, 3.8) is 0 Å². The highest BCUT2D eigenvalue weighted by molar-refractivity contribution is 7.12. The summed E-state index contributed by atoms with van der Waals surface area (Å²) in [5, 5.41) is 0. The molecule has 3 N–H and O–H groups in total. The second-order valence-corrected chi connectivity index (χ2v) is 6.60. The van der Waals surface area contributed by atoms with Crippen LogP contribution in [-0.4, -0.2) is 0 Å². The lowest BCUT2D eigenvalue weighted by molar-refractivity contribution is 0.563. The van der Waals surface area contributed by atoms with Gasteiger partial charge in [0.1, 0.15) is 5.82 Å². The average Bonchev–Trinajstić information content (AvgIpc) is 2.87. The summed E-state index contributed by atoms with van der Waals surface area (Å²) in [5.41, 5.74) is 5.88. The molecule has 0 aliphatic heterocycles. The van der Waals surface area contributed by atoms with Crippen molar-refractivity contribution in [1.29, 1.82) is 0 Å². The second kappa shape index (κ2) is 5.64. The monoisotopic (exact) mass is 290 g/mol. The lowest BCUT2D eigenvalue weighted by atomic mass is 9.97. The molecule has 20 heavy (non-hydrogen) atoms. The summed E-state index contributed by atoms with van der Waals surface area (Å²) in [6.07, 6.45) is 4.79. The van der Waals surface area contributed by atoms with Gasteiger partial charge >= 0.3 is 0 Å². The molecule has 1 atom stereocenters. The fourth-order valence-corrected chi connectivity index (χ4v) is 4.20. The summed E-state index contributed by atoms with van der Waals surface area (Å²) in [6.45, 7) is 1.97. The van der Waals surface area contributed by atoms with Crippen LogP contribution in [0.2, 0.25) is 0 Å². The Kier molecular flexibility index (Phi) is 3.87. The number of nitrogens with one attached hydrogen (secondary N) is 1. The molecule has 0 spiro atoms. The van der Waals surface area contributed by atoms with Gasteiger partial charge in [0, 0.05) is 15.3 Å². The summed E-state index contributed by atoms with van der Waals surface area (Å²) in [6, 6.07) is 7.11. The Hall–Kier alpha value is -1.23. The van der Waals surface area contributed by atoms with E-state index in [0.717, 1.165) is 23.3 Å². The minimum absolute atomic E-state index is 0.204. The van der Waals surface area contributed by atoms with Gasteiger partial charge in [-0.2, -0.15) is 0 Å². The molecule has 1 aromatic carbocycles. The van der Waals surface area contributed by atoms with Gasteiger partial charge in [-0.25, -0.2) is 9.82 Å². The molecule has 0 radical (unpaired) electrons. The molecule has 0 amide bonds. The fourth-order valence-electron chi connectivity index (χ4n) is 2.87. The molecule has 0 bridgehead atoms. The van der Waals surface area contributed by atoms with E-state index in [2.05, 4.69) is 11.5 Å². The zero-order chi connectivity index (χ0) is 14.1. The first-order valence-electron chi connectivity index (χ1n) is 7.02. The van der Waals surface area contributed by atoms with Crippen LogP contribution in [0, 0.1) is 12.7 Å². The highest BCUT2D eigenvalue weighted by atomic mass is 32.1. The predicted molar refractivity (Wildman–Crippen MR) is 81.3 cm³/mol. The number of hydrazine groups is 1. The highest BCUT2D eigenvalue weighted by Gasteiger charge is 2.22. The molecule has 0 fully saturated rings. The number of hydrogen-bond donors (Lipinski definition) is 2. The van der Waals surface area contributed by atoms with Gasteiger partial charge in [-0.3, -0.25) is 5.84 Å². The molecule has 1 aromatic heterocycles. The van der Waals surface area contributed by atoms with Crippen molar-refractivity contribution in [2.45, 2.75) is 38.6 Å². The van der Waals surface area contributed by atoms with E-state index < -0.39 is 0 Å². The van der Waals surface area contributed by atoms with Crippen LogP contribution < -0.4 is 11.3 Å². The number of benzene rings is 1. The van der Waals surface area contributed by atoms with Crippen LogP contribution >= 0.6 is 11.3 Å². The molecular weight excluding hydrogens is 271 g/mol. The number of nitrogens with two attached hydrogens (primary N) is 1. The Morgan fingerprint density at radius 3 is 2.80 bits per heavy atom. The van der Waals surface area contributed by atoms with E-state index >= 15 is 0 Å². The maximum absolute atomic E-state index is 14.1. The predicted octanol–water partition coefficient (Wildman–Crippen LogP) is 3.63. The van der Waals surface area contributed by atoms with Crippen molar-refractivity contribution < 1.29 is 4.39 Å². The van der Waals surface area contributed by atoms with Crippen molar-refractivity contribution in [3.05, 3.63) is 56.5 Å². The van der Waals surface area contributed by atoms with Crippen LogP contribution in [0.15, 0.2) is 24.3 Å². The number of fused-ring (bicyclic) bond motifs is 1. The average molecular weight is 290 g/mol. The number of hydrogen-bond acceptors (Lipinski definition) is 3. The van der Waals surface area contributed by atoms with E-state index in [1.165, 1.54) is 29.3 Å². The van der Waals surface area contributed by atoms with Gasteiger partial charge in [0.15, 0.2) is 0 Å². The topological polar surface area (TPSA) is 38.0 Å². The van der Waals surface area contributed by atoms with Crippen LogP contribution in [0.3, 0.4) is 0 Å². The maximum atomic E-state index is 14.1. The smallest absolute Gasteiger partial charge is 0.128 e. The molecule has 1 aliphatic carbocycles. The third-order valence-electron chi connectivity index (χ3n) is 3.93. The largest absolute Gasteiger partial charge is 0.271 e. The van der Waals surface area contributed by atoms with Crippen molar-refractivity contribution >= 4 is 11.3 Å². The third-order valence-corrected chi connectivity index (χ3v) is 5.23. The van der Waals surface area contributed by atoms with Gasteiger partial charge in [0.25, 0.3) is 0 Å². The number of halogens is 1. The molecule has 1 unspecified atom stereocenters. The molecule has 2 aromatic rings. The van der Waals surface area contributed by atoms with E-state index in [1.54, 1.807) is 17.4 Å². The number of thiophene rings is 1. The van der Waals surface area contributed by atoms with Crippen LogP contribution in [0.25, 0.3) is 0 Å². The first-order chi connectivity index (χ1) is 9.69. The zero-order valence-corrected chi connectivity index (χ0v) is 12.4. The van der Waals surface area contributed by atoms with E-state index in [9.17, 15) is 4.39 Å². The molecule has 106 valence electrons. The number of aryl methyl sites for hydroxylation is 3. The van der Waals surface area contributed by atoms with E-state index in [-0.39, 0.29) is 11.9 Å². The summed E-state index contributed by atoms with van der Waals surface area (Å²) in [5.74, 6) is 5.50. The van der Waals surface area contributed by atoms with Crippen LogP contribution in [-0.2, 0) is 12.8 Å². The standard InChI is InChI=1S/C16H19FN2S/c1-10-6-7-13(17)12(8-10)16(19-18)15-9-11-4-2-3-5-14(11)20-15/h6-9,16,19H,2-5,18H2,1H3. The fraction of sp³-hybridized carbons (Fsp3) is 0.375. The van der Waals surface area contributed by atoms with Crippen molar-refractivity contribution in [2.75, 3.05) is 0 Å². The molecule has 1 aliphatic rings. The van der Waals surface area contributed by atoms with Crippen molar-refractivity contribution in [3.8, 4) is 0 Å². The van der Waals surface area contributed by atoms with Gasteiger partial charge in [-0.05, 0) is 50.3 Å². The summed E-state index contributed by atoms with van der Waals surface area (Å²) in [7, 11) is 0. The van der Waals surface area contributed by atoms with Crippen LogP contribution in [0.1, 0.15) is 45.3 Å². The van der Waals surface area contributed by atoms with E-state index in [0.29, 0.717) is 5.56 Å². The highest BCUT2D eigenvalue weighted by Crippen LogP contribution is 2.35. The van der Waals surface area contributed by atoms with Crippen LogP contribution in [0.4, 0.5) is 4.39 Å². The molecule has 0 saturated carbocycles. The summed E-state index contributed by atoms with van der Waals surface area (Å²) >= 11 is 1.77. The van der Waals surface area contributed by atoms with Gasteiger partial charge in [0.05, 0.1) is 6.04 Å². The Balaban J connectivity index is 2.01. The summed E-state index contributed by atoms with van der Waals surface area (Å²) < 4.78 is 14.1. The quantitative estimate of drug-likeness (QED) is 0.669. The van der Waals surface area contributed by atoms with Crippen molar-refractivity contribution in [1.82, 2.24) is 5.43 Å². The lowest BCUT2D eigenvalue weighted by Gasteiger charge is -2.16. The van der Waals surface area contributed by atoms with Gasteiger partial charge < -0.3 is 0 Å². The Labute approximate surface area is 122 Å². The first-order valence-corrected chi connectivity index (χ1v) is 7.84. The minimum Gasteiger partial charge on any atom is -0.271 e. The Bertz CT molecular complexity index is 597. The molecule has 4 heteroatoms. The van der Waals surface area contributed by atoms with Crippen molar-refractivity contribution in [2.24, 2.45) is 5.84 Å². The van der Waals surface area contributed by atoms with Gasteiger partial charge in [-0.15, -0.1) is 11.3 Å². The number of rotatable bonds is 3. The van der Waals surface area contributed by atoms with Gasteiger partial charge in [0.2, 0.25) is 0 Å². The molecule has 1 heterocycles. The normalized spacial score (nSPS) is 15.9. The maximum Gasteiger partial charge on any atom is 0.128 e. The van der Waals surface area contributed by atoms with E-state index in [1.807, 2.05) is 13.0 Å². The summed E-state index contributed by atoms with van der Waals surface area (Å²) in [4.78, 5) is 2.56.